The Bertz CT molecular complexity index is 1060. The number of para-hydroxylation sites is 4. The van der Waals surface area contributed by atoms with E-state index in [0.717, 1.165) is 16.9 Å². The summed E-state index contributed by atoms with van der Waals surface area (Å²) in [5.74, 6) is 1.33. The average molecular weight is 392 g/mol. The van der Waals surface area contributed by atoms with Crippen molar-refractivity contribution in [2.75, 3.05) is 25.5 Å². The van der Waals surface area contributed by atoms with Crippen molar-refractivity contribution in [2.45, 2.75) is 25.8 Å². The summed E-state index contributed by atoms with van der Waals surface area (Å²) in [5, 5.41) is 2.92. The van der Waals surface area contributed by atoms with Gasteiger partial charge in [0.2, 0.25) is 11.8 Å². The molecule has 1 aliphatic rings. The van der Waals surface area contributed by atoms with Crippen LogP contribution in [-0.4, -0.2) is 46.5 Å². The van der Waals surface area contributed by atoms with Gasteiger partial charge in [-0.1, -0.05) is 24.3 Å². The van der Waals surface area contributed by atoms with Crippen LogP contribution in [-0.2, 0) is 16.1 Å². The Balaban J connectivity index is 1.64. The van der Waals surface area contributed by atoms with E-state index in [2.05, 4.69) is 5.32 Å². The molecular weight excluding hydrogens is 368 g/mol. The number of fused-ring (bicyclic) bond motifs is 1. The first kappa shape index (κ1) is 19.0. The van der Waals surface area contributed by atoms with Gasteiger partial charge in [0.05, 0.1) is 23.8 Å². The molecule has 0 aliphatic carbocycles. The Kier molecular flexibility index (Phi) is 5.20. The minimum absolute atomic E-state index is 0.0195. The molecule has 3 aromatic rings. The van der Waals surface area contributed by atoms with E-state index in [9.17, 15) is 9.59 Å². The molecule has 7 heteroatoms. The van der Waals surface area contributed by atoms with Crippen LogP contribution in [0, 0.1) is 0 Å². The number of nitrogens with one attached hydrogen (secondary N) is 1. The maximum absolute atomic E-state index is 12.9. The van der Waals surface area contributed by atoms with Crippen LogP contribution >= 0.6 is 0 Å². The number of likely N-dealkylation sites (N-methyl/N-ethyl adjacent to an activating group) is 1. The molecule has 2 amide bonds. The van der Waals surface area contributed by atoms with Crippen molar-refractivity contribution in [1.29, 1.82) is 0 Å². The van der Waals surface area contributed by atoms with E-state index >= 15 is 0 Å². The summed E-state index contributed by atoms with van der Waals surface area (Å²) in [5.41, 5.74) is 2.34. The smallest absolute Gasteiger partial charge is 0.244 e. The van der Waals surface area contributed by atoms with E-state index < -0.39 is 0 Å². The van der Waals surface area contributed by atoms with Gasteiger partial charge >= 0.3 is 0 Å². The number of likely N-dealkylation sites (tertiary alicyclic amines) is 1. The van der Waals surface area contributed by atoms with E-state index in [0.29, 0.717) is 30.9 Å². The SMILES string of the molecule is CCN1CC(c2nc3ccccc3n2CC(=O)Nc2ccccc2OC)CC1=O. The monoisotopic (exact) mass is 392 g/mol. The lowest BCUT2D eigenvalue weighted by Gasteiger charge is -2.16. The molecule has 2 aromatic carbocycles. The van der Waals surface area contributed by atoms with E-state index in [1.807, 2.05) is 52.8 Å². The summed E-state index contributed by atoms with van der Waals surface area (Å²) in [7, 11) is 1.57. The average Bonchev–Trinajstić information content (AvgIpc) is 3.28. The van der Waals surface area contributed by atoms with Crippen molar-refractivity contribution in [2.24, 2.45) is 0 Å². The molecule has 2 heterocycles. The Hall–Kier alpha value is -3.35. The topological polar surface area (TPSA) is 76.5 Å². The second-order valence-electron chi connectivity index (χ2n) is 7.13. The van der Waals surface area contributed by atoms with Gasteiger partial charge in [-0.15, -0.1) is 0 Å². The van der Waals surface area contributed by atoms with Gasteiger partial charge in [-0.3, -0.25) is 9.59 Å². The molecule has 7 nitrogen and oxygen atoms in total. The van der Waals surface area contributed by atoms with Crippen LogP contribution in [0.2, 0.25) is 0 Å². The number of imidazole rings is 1. The van der Waals surface area contributed by atoms with E-state index in [1.165, 1.54) is 0 Å². The highest BCUT2D eigenvalue weighted by Gasteiger charge is 2.33. The van der Waals surface area contributed by atoms with Crippen molar-refractivity contribution in [3.8, 4) is 5.75 Å². The molecule has 1 aliphatic heterocycles. The summed E-state index contributed by atoms with van der Waals surface area (Å²) < 4.78 is 7.24. The zero-order valence-corrected chi connectivity index (χ0v) is 16.6. The molecule has 1 saturated heterocycles. The van der Waals surface area contributed by atoms with Gasteiger partial charge in [-0.25, -0.2) is 4.98 Å². The number of benzene rings is 2. The lowest BCUT2D eigenvalue weighted by atomic mass is 10.1. The second kappa shape index (κ2) is 7.95. The Morgan fingerprint density at radius 3 is 2.72 bits per heavy atom. The number of hydrogen-bond donors (Lipinski definition) is 1. The van der Waals surface area contributed by atoms with Crippen LogP contribution in [0.25, 0.3) is 11.0 Å². The van der Waals surface area contributed by atoms with Crippen molar-refractivity contribution < 1.29 is 14.3 Å². The van der Waals surface area contributed by atoms with Crippen LogP contribution in [0.1, 0.15) is 25.1 Å². The number of ether oxygens (including phenoxy) is 1. The summed E-state index contributed by atoms with van der Waals surface area (Å²) in [6.07, 6.45) is 0.422. The van der Waals surface area contributed by atoms with Crippen LogP contribution < -0.4 is 10.1 Å². The third kappa shape index (κ3) is 3.68. The number of amides is 2. The Morgan fingerprint density at radius 1 is 1.21 bits per heavy atom. The quantitative estimate of drug-likeness (QED) is 0.700. The van der Waals surface area contributed by atoms with Crippen molar-refractivity contribution in [3.05, 3.63) is 54.4 Å². The summed E-state index contributed by atoms with van der Waals surface area (Å²) in [6, 6.07) is 15.1. The summed E-state index contributed by atoms with van der Waals surface area (Å²) in [6.45, 7) is 3.41. The van der Waals surface area contributed by atoms with Crippen molar-refractivity contribution in [1.82, 2.24) is 14.5 Å². The van der Waals surface area contributed by atoms with Crippen LogP contribution in [0.15, 0.2) is 48.5 Å². The zero-order chi connectivity index (χ0) is 20.4. The minimum atomic E-state index is -0.171. The highest BCUT2D eigenvalue weighted by atomic mass is 16.5. The van der Waals surface area contributed by atoms with E-state index in [4.69, 9.17) is 9.72 Å². The van der Waals surface area contributed by atoms with Crippen LogP contribution in [0.5, 0.6) is 5.75 Å². The summed E-state index contributed by atoms with van der Waals surface area (Å²) in [4.78, 5) is 31.7. The molecule has 150 valence electrons. The first-order chi connectivity index (χ1) is 14.1. The Labute approximate surface area is 169 Å². The highest BCUT2D eigenvalue weighted by Crippen LogP contribution is 2.30. The maximum Gasteiger partial charge on any atom is 0.244 e. The number of anilines is 1. The number of aromatic nitrogens is 2. The molecule has 29 heavy (non-hydrogen) atoms. The first-order valence-electron chi connectivity index (χ1n) is 9.76. The number of carbonyl (C=O) groups is 2. The second-order valence-corrected chi connectivity index (χ2v) is 7.13. The fourth-order valence-corrected chi connectivity index (χ4v) is 3.90. The maximum atomic E-state index is 12.9. The van der Waals surface area contributed by atoms with E-state index in [-0.39, 0.29) is 24.3 Å². The molecule has 1 fully saturated rings. The molecule has 1 unspecified atom stereocenters. The molecular formula is C22H24N4O3. The molecule has 0 bridgehead atoms. The third-order valence-electron chi connectivity index (χ3n) is 5.33. The van der Waals surface area contributed by atoms with Crippen molar-refractivity contribution >= 4 is 28.5 Å². The number of carbonyl (C=O) groups excluding carboxylic acids is 2. The van der Waals surface area contributed by atoms with Crippen molar-refractivity contribution in [3.63, 3.8) is 0 Å². The fraction of sp³-hybridized carbons (Fsp3) is 0.318. The van der Waals surface area contributed by atoms with Gasteiger partial charge in [-0.05, 0) is 31.2 Å². The molecule has 1 atom stereocenters. The molecule has 4 rings (SSSR count). The van der Waals surface area contributed by atoms with Crippen LogP contribution in [0.4, 0.5) is 5.69 Å². The molecule has 0 spiro atoms. The standard InChI is InChI=1S/C22H24N4O3/c1-3-25-13-15(12-21(25)28)22-24-16-8-4-6-10-18(16)26(22)14-20(27)23-17-9-5-7-11-19(17)29-2/h4-11,15H,3,12-14H2,1-2H3,(H,23,27). The number of hydrogen-bond acceptors (Lipinski definition) is 4. The van der Waals surface area contributed by atoms with Gasteiger partial charge < -0.3 is 19.5 Å². The number of methoxy groups -OCH3 is 1. The molecule has 0 radical (unpaired) electrons. The van der Waals surface area contributed by atoms with Gasteiger partial charge in [0.1, 0.15) is 18.1 Å². The van der Waals surface area contributed by atoms with Gasteiger partial charge in [0.15, 0.2) is 0 Å². The number of rotatable bonds is 6. The van der Waals surface area contributed by atoms with Gasteiger partial charge in [-0.2, -0.15) is 0 Å². The normalized spacial score (nSPS) is 16.4. The van der Waals surface area contributed by atoms with Gasteiger partial charge in [0.25, 0.3) is 0 Å². The molecule has 1 aromatic heterocycles. The summed E-state index contributed by atoms with van der Waals surface area (Å²) >= 11 is 0. The third-order valence-corrected chi connectivity index (χ3v) is 5.33. The Morgan fingerprint density at radius 2 is 1.97 bits per heavy atom. The zero-order valence-electron chi connectivity index (χ0n) is 16.6. The van der Waals surface area contributed by atoms with Crippen LogP contribution in [0.3, 0.4) is 0 Å². The lowest BCUT2D eigenvalue weighted by molar-refractivity contribution is -0.127. The van der Waals surface area contributed by atoms with E-state index in [1.54, 1.807) is 19.2 Å². The lowest BCUT2D eigenvalue weighted by Crippen LogP contribution is -2.25. The minimum Gasteiger partial charge on any atom is -0.495 e. The molecule has 1 N–H and O–H groups in total. The predicted molar refractivity (Wildman–Crippen MR) is 111 cm³/mol. The fourth-order valence-electron chi connectivity index (χ4n) is 3.90. The number of nitrogens with zero attached hydrogens (tertiary/aromatic N) is 3. The van der Waals surface area contributed by atoms with Gasteiger partial charge in [0, 0.05) is 25.4 Å². The molecule has 0 saturated carbocycles. The first-order valence-corrected chi connectivity index (χ1v) is 9.76. The predicted octanol–water partition coefficient (Wildman–Crippen LogP) is 3.02. The highest BCUT2D eigenvalue weighted by molar-refractivity contribution is 5.93. The largest absolute Gasteiger partial charge is 0.495 e.